The maximum atomic E-state index is 12.4. The summed E-state index contributed by atoms with van der Waals surface area (Å²) in [5, 5.41) is 6.73. The van der Waals surface area contributed by atoms with Crippen molar-refractivity contribution in [2.75, 3.05) is 13.6 Å². The SMILES string of the molecule is CNC(C)CNC(=O)c1cc(C)n(-c2cccc(Cl)c2)c1C.Cl. The number of benzene rings is 1. The average Bonchev–Trinajstić information content (AvgIpc) is 2.79. The van der Waals surface area contributed by atoms with Gasteiger partial charge >= 0.3 is 0 Å². The maximum absolute atomic E-state index is 12.4. The van der Waals surface area contributed by atoms with E-state index in [4.69, 9.17) is 11.6 Å². The number of likely N-dealkylation sites (N-methyl/N-ethyl adjacent to an activating group) is 1. The number of carbonyl (C=O) groups is 1. The second kappa shape index (κ2) is 8.39. The van der Waals surface area contributed by atoms with Crippen LogP contribution in [0.4, 0.5) is 0 Å². The van der Waals surface area contributed by atoms with Gasteiger partial charge in [0.1, 0.15) is 0 Å². The minimum Gasteiger partial charge on any atom is -0.350 e. The monoisotopic (exact) mass is 355 g/mol. The number of hydrogen-bond donors (Lipinski definition) is 2. The summed E-state index contributed by atoms with van der Waals surface area (Å²) in [5.41, 5.74) is 3.58. The van der Waals surface area contributed by atoms with Crippen molar-refractivity contribution in [2.24, 2.45) is 0 Å². The molecule has 0 aliphatic rings. The van der Waals surface area contributed by atoms with Crippen LogP contribution in [0.25, 0.3) is 5.69 Å². The lowest BCUT2D eigenvalue weighted by Gasteiger charge is -2.12. The average molecular weight is 356 g/mol. The molecule has 1 aromatic heterocycles. The van der Waals surface area contributed by atoms with Gasteiger partial charge in [-0.05, 0) is 52.1 Å². The zero-order valence-electron chi connectivity index (χ0n) is 13.8. The Bertz CT molecular complexity index is 682. The number of halogens is 2. The smallest absolute Gasteiger partial charge is 0.253 e. The Labute approximate surface area is 148 Å². The second-order valence-electron chi connectivity index (χ2n) is 5.50. The van der Waals surface area contributed by atoms with Crippen molar-refractivity contribution in [3.05, 3.63) is 52.3 Å². The third-order valence-corrected chi connectivity index (χ3v) is 4.04. The molecular formula is C17H23Cl2N3O. The molecule has 0 aliphatic carbocycles. The van der Waals surface area contributed by atoms with E-state index in [0.717, 1.165) is 17.1 Å². The zero-order chi connectivity index (χ0) is 16.3. The van der Waals surface area contributed by atoms with Crippen LogP contribution in [0, 0.1) is 13.8 Å². The summed E-state index contributed by atoms with van der Waals surface area (Å²) in [6.45, 7) is 6.55. The molecular weight excluding hydrogens is 333 g/mol. The van der Waals surface area contributed by atoms with E-state index in [9.17, 15) is 4.79 Å². The molecule has 1 unspecified atom stereocenters. The van der Waals surface area contributed by atoms with Crippen LogP contribution < -0.4 is 10.6 Å². The molecule has 2 N–H and O–H groups in total. The molecule has 0 saturated heterocycles. The van der Waals surface area contributed by atoms with Gasteiger partial charge in [-0.25, -0.2) is 0 Å². The van der Waals surface area contributed by atoms with Crippen LogP contribution in [-0.2, 0) is 0 Å². The van der Waals surface area contributed by atoms with Crippen LogP contribution in [0.1, 0.15) is 28.7 Å². The van der Waals surface area contributed by atoms with Crippen molar-refractivity contribution in [1.82, 2.24) is 15.2 Å². The topological polar surface area (TPSA) is 46.1 Å². The quantitative estimate of drug-likeness (QED) is 0.861. The number of nitrogens with zero attached hydrogens (tertiary/aromatic N) is 1. The van der Waals surface area contributed by atoms with Crippen molar-refractivity contribution in [3.63, 3.8) is 0 Å². The van der Waals surface area contributed by atoms with Gasteiger partial charge in [-0.15, -0.1) is 12.4 Å². The number of aromatic nitrogens is 1. The fraction of sp³-hybridized carbons (Fsp3) is 0.353. The van der Waals surface area contributed by atoms with Crippen LogP contribution in [0.3, 0.4) is 0 Å². The van der Waals surface area contributed by atoms with E-state index in [0.29, 0.717) is 17.1 Å². The third kappa shape index (κ3) is 4.50. The van der Waals surface area contributed by atoms with Crippen LogP contribution in [0.5, 0.6) is 0 Å². The van der Waals surface area contributed by atoms with Gasteiger partial charge in [0.25, 0.3) is 5.91 Å². The lowest BCUT2D eigenvalue weighted by Crippen LogP contribution is -2.37. The standard InChI is InChI=1S/C17H22ClN3O.ClH/c1-11(19-4)10-20-17(22)16-8-12(2)21(13(16)3)15-7-5-6-14(18)9-15;/h5-9,11,19H,10H2,1-4H3,(H,20,22);1H. The predicted molar refractivity (Wildman–Crippen MR) is 98.4 cm³/mol. The Morgan fingerprint density at radius 1 is 1.30 bits per heavy atom. The minimum atomic E-state index is -0.0523. The van der Waals surface area contributed by atoms with Crippen molar-refractivity contribution in [3.8, 4) is 5.69 Å². The van der Waals surface area contributed by atoms with Gasteiger partial charge in [0, 0.05) is 34.7 Å². The Morgan fingerprint density at radius 2 is 2.00 bits per heavy atom. The summed E-state index contributed by atoms with van der Waals surface area (Å²) in [6.07, 6.45) is 0. The van der Waals surface area contributed by atoms with Gasteiger partial charge < -0.3 is 15.2 Å². The molecule has 0 bridgehead atoms. The lowest BCUT2D eigenvalue weighted by molar-refractivity contribution is 0.0950. The summed E-state index contributed by atoms with van der Waals surface area (Å²) in [6, 6.07) is 9.77. The van der Waals surface area contributed by atoms with E-state index in [2.05, 4.69) is 10.6 Å². The Morgan fingerprint density at radius 3 is 2.61 bits per heavy atom. The molecule has 2 aromatic rings. The first-order valence-electron chi connectivity index (χ1n) is 7.34. The van der Waals surface area contributed by atoms with E-state index >= 15 is 0 Å². The van der Waals surface area contributed by atoms with Crippen LogP contribution in [-0.4, -0.2) is 30.1 Å². The van der Waals surface area contributed by atoms with E-state index in [1.54, 1.807) is 0 Å². The van der Waals surface area contributed by atoms with Crippen molar-refractivity contribution < 1.29 is 4.79 Å². The second-order valence-corrected chi connectivity index (χ2v) is 5.94. The fourth-order valence-electron chi connectivity index (χ4n) is 2.45. The molecule has 0 saturated carbocycles. The molecule has 2 rings (SSSR count). The molecule has 1 atom stereocenters. The summed E-state index contributed by atoms with van der Waals surface area (Å²) in [5.74, 6) is -0.0523. The first kappa shape index (κ1) is 19.6. The molecule has 1 heterocycles. The van der Waals surface area contributed by atoms with Crippen LogP contribution >= 0.6 is 24.0 Å². The van der Waals surface area contributed by atoms with Gasteiger partial charge in [0.05, 0.1) is 5.56 Å². The highest BCUT2D eigenvalue weighted by molar-refractivity contribution is 6.30. The first-order valence-corrected chi connectivity index (χ1v) is 7.72. The van der Waals surface area contributed by atoms with Gasteiger partial charge in [0.15, 0.2) is 0 Å². The number of aryl methyl sites for hydroxylation is 1. The molecule has 23 heavy (non-hydrogen) atoms. The van der Waals surface area contributed by atoms with Gasteiger partial charge in [-0.1, -0.05) is 17.7 Å². The molecule has 0 spiro atoms. The predicted octanol–water partition coefficient (Wildman–Crippen LogP) is 3.51. The fourth-order valence-corrected chi connectivity index (χ4v) is 2.63. The van der Waals surface area contributed by atoms with Crippen molar-refractivity contribution in [1.29, 1.82) is 0 Å². The van der Waals surface area contributed by atoms with Crippen LogP contribution in [0.15, 0.2) is 30.3 Å². The Hall–Kier alpha value is -1.49. The molecule has 0 radical (unpaired) electrons. The van der Waals surface area contributed by atoms with Crippen molar-refractivity contribution >= 4 is 29.9 Å². The molecule has 0 fully saturated rings. The number of carbonyl (C=O) groups excluding carboxylic acids is 1. The Balaban J connectivity index is 0.00000264. The molecule has 1 aromatic carbocycles. The van der Waals surface area contributed by atoms with E-state index in [-0.39, 0.29) is 24.4 Å². The van der Waals surface area contributed by atoms with E-state index < -0.39 is 0 Å². The zero-order valence-corrected chi connectivity index (χ0v) is 15.4. The lowest BCUT2D eigenvalue weighted by atomic mass is 10.2. The molecule has 0 aliphatic heterocycles. The van der Waals surface area contributed by atoms with E-state index in [1.807, 2.05) is 62.7 Å². The molecule has 1 amide bonds. The summed E-state index contributed by atoms with van der Waals surface area (Å²) >= 11 is 6.07. The van der Waals surface area contributed by atoms with Gasteiger partial charge in [-0.3, -0.25) is 4.79 Å². The largest absolute Gasteiger partial charge is 0.350 e. The number of hydrogen-bond acceptors (Lipinski definition) is 2. The summed E-state index contributed by atoms with van der Waals surface area (Å²) < 4.78 is 2.04. The minimum absolute atomic E-state index is 0. The molecule has 6 heteroatoms. The summed E-state index contributed by atoms with van der Waals surface area (Å²) in [7, 11) is 1.88. The van der Waals surface area contributed by atoms with Gasteiger partial charge in [0.2, 0.25) is 0 Å². The highest BCUT2D eigenvalue weighted by Crippen LogP contribution is 2.22. The molecule has 126 valence electrons. The van der Waals surface area contributed by atoms with Crippen LogP contribution in [0.2, 0.25) is 5.02 Å². The highest BCUT2D eigenvalue weighted by Gasteiger charge is 2.17. The van der Waals surface area contributed by atoms with E-state index in [1.165, 1.54) is 0 Å². The van der Waals surface area contributed by atoms with Crippen molar-refractivity contribution in [2.45, 2.75) is 26.8 Å². The molecule has 4 nitrogen and oxygen atoms in total. The highest BCUT2D eigenvalue weighted by atomic mass is 35.5. The third-order valence-electron chi connectivity index (χ3n) is 3.80. The normalized spacial score (nSPS) is 11.7. The maximum Gasteiger partial charge on any atom is 0.253 e. The number of amides is 1. The number of nitrogens with one attached hydrogen (secondary N) is 2. The Kier molecular flexibility index (Phi) is 7.13. The number of rotatable bonds is 5. The first-order chi connectivity index (χ1) is 10.4. The summed E-state index contributed by atoms with van der Waals surface area (Å²) in [4.78, 5) is 12.4. The van der Waals surface area contributed by atoms with Gasteiger partial charge in [-0.2, -0.15) is 0 Å².